The summed E-state index contributed by atoms with van der Waals surface area (Å²) in [5.41, 5.74) is 8.64. The van der Waals surface area contributed by atoms with Crippen LogP contribution in [0.5, 0.6) is 0 Å². The third-order valence-electron chi connectivity index (χ3n) is 3.96. The number of aliphatic imine (C=N–C) groups is 1. The van der Waals surface area contributed by atoms with Crippen LogP contribution in [0.3, 0.4) is 0 Å². The molecule has 0 bridgehead atoms. The Morgan fingerprint density at radius 3 is 2.47 bits per heavy atom. The highest BCUT2D eigenvalue weighted by atomic mass is 15.4. The van der Waals surface area contributed by atoms with E-state index in [0.717, 1.165) is 13.0 Å². The topological polar surface area (TPSA) is 41.6 Å². The average molecular weight is 259 g/mol. The Bertz CT molecular complexity index is 461. The first-order valence-corrected chi connectivity index (χ1v) is 7.17. The minimum atomic E-state index is -0.108. The Kier molecular flexibility index (Phi) is 3.83. The van der Waals surface area contributed by atoms with Crippen molar-refractivity contribution in [1.82, 2.24) is 4.90 Å². The first kappa shape index (κ1) is 13.9. The molecule has 0 aromatic heterocycles. The average Bonchev–Trinajstić information content (AvgIpc) is 2.67. The maximum absolute atomic E-state index is 6.05. The number of rotatable bonds is 4. The maximum Gasteiger partial charge on any atom is 0.192 e. The predicted octanol–water partition coefficient (Wildman–Crippen LogP) is 2.89. The van der Waals surface area contributed by atoms with Crippen molar-refractivity contribution in [1.29, 1.82) is 0 Å². The standard InChI is InChI=1S/C16H25N3/c1-5-6-13-7-9-14(10-8-13)16(4)11-18-15(17)19(16)12(2)3/h7-10,12H,5-6,11H2,1-4H3,(H2,17,18). The van der Waals surface area contributed by atoms with E-state index in [2.05, 4.69) is 61.9 Å². The van der Waals surface area contributed by atoms with Crippen LogP contribution in [0.2, 0.25) is 0 Å². The Morgan fingerprint density at radius 1 is 1.32 bits per heavy atom. The van der Waals surface area contributed by atoms with Gasteiger partial charge in [-0.15, -0.1) is 0 Å². The number of benzene rings is 1. The van der Waals surface area contributed by atoms with Gasteiger partial charge >= 0.3 is 0 Å². The molecule has 1 atom stereocenters. The molecule has 2 N–H and O–H groups in total. The summed E-state index contributed by atoms with van der Waals surface area (Å²) in [6.45, 7) is 9.51. The molecule has 0 radical (unpaired) electrons. The largest absolute Gasteiger partial charge is 0.370 e. The van der Waals surface area contributed by atoms with Gasteiger partial charge in [-0.25, -0.2) is 0 Å². The fourth-order valence-corrected chi connectivity index (χ4v) is 3.02. The van der Waals surface area contributed by atoms with Crippen molar-refractivity contribution in [2.24, 2.45) is 10.7 Å². The molecule has 0 saturated heterocycles. The highest BCUT2D eigenvalue weighted by Gasteiger charge is 2.40. The van der Waals surface area contributed by atoms with Crippen molar-refractivity contribution in [2.45, 2.75) is 52.1 Å². The third-order valence-corrected chi connectivity index (χ3v) is 3.96. The Balaban J connectivity index is 2.29. The molecule has 1 aliphatic rings. The van der Waals surface area contributed by atoms with E-state index in [1.54, 1.807) is 0 Å². The molecule has 3 nitrogen and oxygen atoms in total. The summed E-state index contributed by atoms with van der Waals surface area (Å²) in [5.74, 6) is 0.662. The van der Waals surface area contributed by atoms with Crippen LogP contribution >= 0.6 is 0 Å². The van der Waals surface area contributed by atoms with E-state index in [-0.39, 0.29) is 5.54 Å². The van der Waals surface area contributed by atoms with Crippen molar-refractivity contribution < 1.29 is 0 Å². The summed E-state index contributed by atoms with van der Waals surface area (Å²) >= 11 is 0. The predicted molar refractivity (Wildman–Crippen MR) is 81.3 cm³/mol. The zero-order chi connectivity index (χ0) is 14.0. The van der Waals surface area contributed by atoms with E-state index in [1.165, 1.54) is 17.5 Å². The van der Waals surface area contributed by atoms with Crippen molar-refractivity contribution in [3.8, 4) is 0 Å². The van der Waals surface area contributed by atoms with Crippen molar-refractivity contribution in [3.05, 3.63) is 35.4 Å². The number of hydrogen-bond acceptors (Lipinski definition) is 3. The van der Waals surface area contributed by atoms with Crippen LogP contribution in [-0.4, -0.2) is 23.4 Å². The molecule has 19 heavy (non-hydrogen) atoms. The number of guanidine groups is 1. The summed E-state index contributed by atoms with van der Waals surface area (Å²) in [4.78, 5) is 6.67. The van der Waals surface area contributed by atoms with E-state index in [0.29, 0.717) is 12.0 Å². The minimum absolute atomic E-state index is 0.108. The molecule has 0 aliphatic carbocycles. The molecule has 104 valence electrons. The summed E-state index contributed by atoms with van der Waals surface area (Å²) < 4.78 is 0. The highest BCUT2D eigenvalue weighted by Crippen LogP contribution is 2.34. The van der Waals surface area contributed by atoms with Crippen LogP contribution in [0.4, 0.5) is 0 Å². The van der Waals surface area contributed by atoms with Gasteiger partial charge in [0, 0.05) is 6.04 Å². The van der Waals surface area contributed by atoms with Gasteiger partial charge in [0.25, 0.3) is 0 Å². The van der Waals surface area contributed by atoms with Gasteiger partial charge in [0.2, 0.25) is 0 Å². The van der Waals surface area contributed by atoms with Crippen LogP contribution in [0, 0.1) is 0 Å². The number of aryl methyl sites for hydroxylation is 1. The molecule has 1 aromatic carbocycles. The van der Waals surface area contributed by atoms with Crippen molar-refractivity contribution in [3.63, 3.8) is 0 Å². The first-order valence-electron chi connectivity index (χ1n) is 7.17. The van der Waals surface area contributed by atoms with E-state index >= 15 is 0 Å². The summed E-state index contributed by atoms with van der Waals surface area (Å²) in [6, 6.07) is 9.28. The number of hydrogen-bond donors (Lipinski definition) is 1. The molecule has 1 aliphatic heterocycles. The quantitative estimate of drug-likeness (QED) is 0.903. The lowest BCUT2D eigenvalue weighted by Crippen LogP contribution is -2.51. The van der Waals surface area contributed by atoms with Gasteiger partial charge in [-0.1, -0.05) is 37.6 Å². The van der Waals surface area contributed by atoms with Gasteiger partial charge in [0.05, 0.1) is 12.1 Å². The van der Waals surface area contributed by atoms with Gasteiger partial charge in [0.15, 0.2) is 5.96 Å². The van der Waals surface area contributed by atoms with Crippen LogP contribution in [0.15, 0.2) is 29.3 Å². The van der Waals surface area contributed by atoms with Gasteiger partial charge in [-0.2, -0.15) is 0 Å². The molecule has 1 heterocycles. The Morgan fingerprint density at radius 2 is 1.95 bits per heavy atom. The Labute approximate surface area is 116 Å². The molecular weight excluding hydrogens is 234 g/mol. The second-order valence-corrected chi connectivity index (χ2v) is 5.86. The van der Waals surface area contributed by atoms with Crippen molar-refractivity contribution >= 4 is 5.96 Å². The summed E-state index contributed by atoms with van der Waals surface area (Å²) in [5, 5.41) is 0. The normalized spacial score (nSPS) is 23.0. The van der Waals surface area contributed by atoms with Crippen LogP contribution in [0.25, 0.3) is 0 Å². The monoisotopic (exact) mass is 259 g/mol. The first-order chi connectivity index (χ1) is 8.99. The summed E-state index contributed by atoms with van der Waals surface area (Å²) in [7, 11) is 0. The van der Waals surface area contributed by atoms with E-state index in [1.807, 2.05) is 0 Å². The lowest BCUT2D eigenvalue weighted by molar-refractivity contribution is 0.185. The lowest BCUT2D eigenvalue weighted by atomic mass is 9.89. The maximum atomic E-state index is 6.05. The molecular formula is C16H25N3. The number of nitrogens with two attached hydrogens (primary N) is 1. The molecule has 0 spiro atoms. The SMILES string of the molecule is CCCc1ccc(C2(C)CN=C(N)N2C(C)C)cc1. The number of nitrogens with zero attached hydrogens (tertiary/aromatic N) is 2. The van der Waals surface area contributed by atoms with Gasteiger partial charge < -0.3 is 10.6 Å². The van der Waals surface area contributed by atoms with E-state index < -0.39 is 0 Å². The second kappa shape index (κ2) is 5.24. The third kappa shape index (κ3) is 2.46. The molecule has 1 aromatic rings. The molecule has 2 rings (SSSR count). The molecule has 1 unspecified atom stereocenters. The van der Waals surface area contributed by atoms with Gasteiger partial charge in [-0.3, -0.25) is 4.99 Å². The lowest BCUT2D eigenvalue weighted by Gasteiger charge is -2.39. The zero-order valence-corrected chi connectivity index (χ0v) is 12.5. The van der Waals surface area contributed by atoms with E-state index in [9.17, 15) is 0 Å². The molecule has 0 saturated carbocycles. The molecule has 3 heteroatoms. The van der Waals surface area contributed by atoms with Gasteiger partial charge in [0.1, 0.15) is 0 Å². The molecule has 0 amide bonds. The fraction of sp³-hybridized carbons (Fsp3) is 0.562. The zero-order valence-electron chi connectivity index (χ0n) is 12.5. The Hall–Kier alpha value is -1.51. The minimum Gasteiger partial charge on any atom is -0.370 e. The van der Waals surface area contributed by atoms with Crippen LogP contribution < -0.4 is 5.73 Å². The van der Waals surface area contributed by atoms with Crippen LogP contribution in [-0.2, 0) is 12.0 Å². The molecule has 0 fully saturated rings. The van der Waals surface area contributed by atoms with Crippen molar-refractivity contribution in [2.75, 3.05) is 6.54 Å². The fourth-order valence-electron chi connectivity index (χ4n) is 3.02. The van der Waals surface area contributed by atoms with E-state index in [4.69, 9.17) is 5.73 Å². The van der Waals surface area contributed by atoms with Gasteiger partial charge in [-0.05, 0) is 38.3 Å². The smallest absolute Gasteiger partial charge is 0.192 e. The van der Waals surface area contributed by atoms with Crippen LogP contribution in [0.1, 0.15) is 45.2 Å². The second-order valence-electron chi connectivity index (χ2n) is 5.86. The highest BCUT2D eigenvalue weighted by molar-refractivity contribution is 5.81. The summed E-state index contributed by atoms with van der Waals surface area (Å²) in [6.07, 6.45) is 2.33.